The predicted octanol–water partition coefficient (Wildman–Crippen LogP) is 3.85. The molecule has 0 saturated heterocycles. The molecule has 0 bridgehead atoms. The fourth-order valence-electron chi connectivity index (χ4n) is 3.21. The number of amides is 1. The number of hydrogen-bond donors (Lipinski definition) is 1. The van der Waals surface area contributed by atoms with Crippen molar-refractivity contribution in [2.75, 3.05) is 7.11 Å². The van der Waals surface area contributed by atoms with E-state index in [0.717, 1.165) is 18.4 Å². The molecule has 1 fully saturated rings. The molecule has 7 nitrogen and oxygen atoms in total. The number of ether oxygens (including phenoxy) is 2. The number of benzene rings is 2. The van der Waals surface area contributed by atoms with Gasteiger partial charge in [-0.25, -0.2) is 0 Å². The second kappa shape index (κ2) is 8.53. The van der Waals surface area contributed by atoms with Crippen molar-refractivity contribution in [2.24, 2.45) is 0 Å². The van der Waals surface area contributed by atoms with Crippen LogP contribution in [0, 0.1) is 10.1 Å². The maximum absolute atomic E-state index is 12.4. The summed E-state index contributed by atoms with van der Waals surface area (Å²) in [6.07, 6.45) is 4.58. The number of rotatable bonds is 7. The number of nitro groups is 1. The normalized spacial score (nSPS) is 14.0. The summed E-state index contributed by atoms with van der Waals surface area (Å²) in [4.78, 5) is 22.9. The highest BCUT2D eigenvalue weighted by atomic mass is 16.6. The minimum absolute atomic E-state index is 0.0402. The molecule has 0 heterocycles. The number of nitrogens with one attached hydrogen (secondary N) is 1. The summed E-state index contributed by atoms with van der Waals surface area (Å²) in [5.41, 5.74) is 0.657. The van der Waals surface area contributed by atoms with Gasteiger partial charge in [-0.2, -0.15) is 0 Å². The molecule has 0 aliphatic heterocycles. The molecule has 0 radical (unpaired) electrons. The first kappa shape index (κ1) is 18.7. The van der Waals surface area contributed by atoms with Gasteiger partial charge in [0.25, 0.3) is 11.6 Å². The van der Waals surface area contributed by atoms with Crippen LogP contribution in [0.2, 0.25) is 0 Å². The summed E-state index contributed by atoms with van der Waals surface area (Å²) in [6, 6.07) is 11.4. The Labute approximate surface area is 157 Å². The molecule has 1 aliphatic rings. The van der Waals surface area contributed by atoms with E-state index in [4.69, 9.17) is 9.47 Å². The van der Waals surface area contributed by atoms with Crippen molar-refractivity contribution in [2.45, 2.75) is 38.3 Å². The first-order chi connectivity index (χ1) is 13.1. The van der Waals surface area contributed by atoms with E-state index in [1.54, 1.807) is 19.2 Å². The molecule has 3 rings (SSSR count). The first-order valence-electron chi connectivity index (χ1n) is 8.93. The van der Waals surface area contributed by atoms with Crippen molar-refractivity contribution in [1.29, 1.82) is 0 Å². The average molecular weight is 370 g/mol. The molecular formula is C20H22N2O5. The quantitative estimate of drug-likeness (QED) is 0.590. The molecule has 27 heavy (non-hydrogen) atoms. The van der Waals surface area contributed by atoms with Crippen LogP contribution in [-0.2, 0) is 6.54 Å². The number of para-hydroxylation sites is 1. The van der Waals surface area contributed by atoms with Gasteiger partial charge in [-0.1, -0.05) is 18.2 Å². The van der Waals surface area contributed by atoms with Crippen LogP contribution < -0.4 is 14.8 Å². The van der Waals surface area contributed by atoms with Crippen LogP contribution >= 0.6 is 0 Å². The van der Waals surface area contributed by atoms with Crippen molar-refractivity contribution in [3.05, 3.63) is 63.7 Å². The van der Waals surface area contributed by atoms with E-state index >= 15 is 0 Å². The zero-order valence-electron chi connectivity index (χ0n) is 15.1. The molecule has 142 valence electrons. The highest BCUT2D eigenvalue weighted by Gasteiger charge is 2.20. The van der Waals surface area contributed by atoms with Gasteiger partial charge in [-0.15, -0.1) is 0 Å². The lowest BCUT2D eigenvalue weighted by Crippen LogP contribution is -2.23. The van der Waals surface area contributed by atoms with E-state index in [1.165, 1.54) is 31.0 Å². The Hall–Kier alpha value is -3.09. The zero-order chi connectivity index (χ0) is 19.2. The number of nitrogens with zero attached hydrogens (tertiary/aromatic N) is 1. The number of carbonyl (C=O) groups is 1. The third-order valence-electron chi connectivity index (χ3n) is 4.62. The first-order valence-corrected chi connectivity index (χ1v) is 8.93. The number of carbonyl (C=O) groups excluding carboxylic acids is 1. The van der Waals surface area contributed by atoms with Crippen molar-refractivity contribution >= 4 is 11.6 Å². The van der Waals surface area contributed by atoms with E-state index < -0.39 is 10.8 Å². The summed E-state index contributed by atoms with van der Waals surface area (Å²) in [5, 5.41) is 13.8. The van der Waals surface area contributed by atoms with Crippen LogP contribution in [0.1, 0.15) is 41.6 Å². The van der Waals surface area contributed by atoms with Gasteiger partial charge in [0.1, 0.15) is 5.56 Å². The summed E-state index contributed by atoms with van der Waals surface area (Å²) < 4.78 is 11.4. The summed E-state index contributed by atoms with van der Waals surface area (Å²) >= 11 is 0. The lowest BCUT2D eigenvalue weighted by Gasteiger charge is -2.17. The van der Waals surface area contributed by atoms with Gasteiger partial charge in [0, 0.05) is 12.6 Å². The van der Waals surface area contributed by atoms with Crippen LogP contribution in [0.4, 0.5) is 5.69 Å². The standard InChI is InChI=1S/C20H22N2O5/c1-26-18-11-10-14(12-19(18)27-15-6-2-3-7-15)13-21-20(23)16-8-4-5-9-17(16)22(24)25/h4-5,8-12,15H,2-3,6-7,13H2,1H3,(H,21,23). The number of nitro benzene ring substituents is 1. The Balaban J connectivity index is 1.70. The van der Waals surface area contributed by atoms with Crippen molar-refractivity contribution < 1.29 is 19.2 Å². The minimum atomic E-state index is -0.560. The topological polar surface area (TPSA) is 90.7 Å². The van der Waals surface area contributed by atoms with Gasteiger partial charge in [-0.3, -0.25) is 14.9 Å². The summed E-state index contributed by atoms with van der Waals surface area (Å²) in [7, 11) is 1.59. The van der Waals surface area contributed by atoms with E-state index in [-0.39, 0.29) is 23.9 Å². The van der Waals surface area contributed by atoms with Crippen LogP contribution in [-0.4, -0.2) is 24.0 Å². The van der Waals surface area contributed by atoms with Gasteiger partial charge >= 0.3 is 0 Å². The molecule has 7 heteroatoms. The molecular weight excluding hydrogens is 348 g/mol. The van der Waals surface area contributed by atoms with Gasteiger partial charge in [0.2, 0.25) is 0 Å². The van der Waals surface area contributed by atoms with Gasteiger partial charge < -0.3 is 14.8 Å². The third-order valence-corrected chi connectivity index (χ3v) is 4.62. The Kier molecular flexibility index (Phi) is 5.90. The Bertz CT molecular complexity index is 831. The average Bonchev–Trinajstić information content (AvgIpc) is 3.19. The van der Waals surface area contributed by atoms with Crippen LogP contribution in [0.15, 0.2) is 42.5 Å². The second-order valence-corrected chi connectivity index (χ2v) is 6.47. The lowest BCUT2D eigenvalue weighted by atomic mass is 10.1. The molecule has 1 amide bonds. The molecule has 1 aliphatic carbocycles. The van der Waals surface area contributed by atoms with Crippen LogP contribution in [0.5, 0.6) is 11.5 Å². The molecule has 2 aromatic carbocycles. The van der Waals surface area contributed by atoms with E-state index in [2.05, 4.69) is 5.32 Å². The Morgan fingerprint density at radius 2 is 1.93 bits per heavy atom. The van der Waals surface area contributed by atoms with E-state index in [0.29, 0.717) is 11.5 Å². The molecule has 1 saturated carbocycles. The minimum Gasteiger partial charge on any atom is -0.493 e. The maximum atomic E-state index is 12.4. The van der Waals surface area contributed by atoms with Crippen LogP contribution in [0.25, 0.3) is 0 Å². The summed E-state index contributed by atoms with van der Waals surface area (Å²) in [5.74, 6) is 0.814. The molecule has 0 spiro atoms. The van der Waals surface area contributed by atoms with Crippen LogP contribution in [0.3, 0.4) is 0 Å². The SMILES string of the molecule is COc1ccc(CNC(=O)c2ccccc2[N+](=O)[O-])cc1OC1CCCC1. The summed E-state index contributed by atoms with van der Waals surface area (Å²) in [6.45, 7) is 0.232. The second-order valence-electron chi connectivity index (χ2n) is 6.47. The largest absolute Gasteiger partial charge is 0.493 e. The Morgan fingerprint density at radius 3 is 2.63 bits per heavy atom. The fourth-order valence-corrected chi connectivity index (χ4v) is 3.21. The molecule has 0 atom stereocenters. The predicted molar refractivity (Wildman–Crippen MR) is 100 cm³/mol. The van der Waals surface area contributed by atoms with Crippen molar-refractivity contribution in [3.63, 3.8) is 0 Å². The van der Waals surface area contributed by atoms with Crippen molar-refractivity contribution in [1.82, 2.24) is 5.32 Å². The molecule has 0 unspecified atom stereocenters. The monoisotopic (exact) mass is 370 g/mol. The van der Waals surface area contributed by atoms with Gasteiger partial charge in [-0.05, 0) is 49.4 Å². The molecule has 0 aromatic heterocycles. The number of hydrogen-bond acceptors (Lipinski definition) is 5. The fraction of sp³-hybridized carbons (Fsp3) is 0.350. The molecule has 1 N–H and O–H groups in total. The molecule has 2 aromatic rings. The van der Waals surface area contributed by atoms with Gasteiger partial charge in [0.05, 0.1) is 18.1 Å². The highest BCUT2D eigenvalue weighted by Crippen LogP contribution is 2.32. The Morgan fingerprint density at radius 1 is 1.19 bits per heavy atom. The smallest absolute Gasteiger partial charge is 0.282 e. The zero-order valence-corrected chi connectivity index (χ0v) is 15.1. The third kappa shape index (κ3) is 4.55. The van der Waals surface area contributed by atoms with E-state index in [9.17, 15) is 14.9 Å². The number of methoxy groups -OCH3 is 1. The lowest BCUT2D eigenvalue weighted by molar-refractivity contribution is -0.385. The van der Waals surface area contributed by atoms with E-state index in [1.807, 2.05) is 12.1 Å². The van der Waals surface area contributed by atoms with Crippen molar-refractivity contribution in [3.8, 4) is 11.5 Å². The highest BCUT2D eigenvalue weighted by molar-refractivity contribution is 5.98. The maximum Gasteiger partial charge on any atom is 0.282 e. The van der Waals surface area contributed by atoms with Gasteiger partial charge in [0.15, 0.2) is 11.5 Å².